The fraction of sp³-hybridized carbons (Fsp3) is 0.714. The summed E-state index contributed by atoms with van der Waals surface area (Å²) in [6.07, 6.45) is 21.8. The molecule has 3 nitrogen and oxygen atoms in total. The molecule has 1 aromatic rings. The van der Waals surface area contributed by atoms with Gasteiger partial charge in [0.2, 0.25) is 5.43 Å². The minimum absolute atomic E-state index is 0.166. The van der Waals surface area contributed by atoms with Crippen molar-refractivity contribution < 1.29 is 9.53 Å². The van der Waals surface area contributed by atoms with Gasteiger partial charge in [-0.05, 0) is 30.5 Å². The van der Waals surface area contributed by atoms with Gasteiger partial charge in [0.05, 0.1) is 0 Å². The van der Waals surface area contributed by atoms with Crippen LogP contribution in [0.3, 0.4) is 0 Å². The first-order valence-corrected chi connectivity index (χ1v) is 13.0. The van der Waals surface area contributed by atoms with E-state index in [0.29, 0.717) is 6.42 Å². The van der Waals surface area contributed by atoms with Crippen molar-refractivity contribution in [3.63, 3.8) is 0 Å². The Morgan fingerprint density at radius 2 is 1.23 bits per heavy atom. The van der Waals surface area contributed by atoms with Gasteiger partial charge in [-0.15, -0.1) is 0 Å². The molecule has 0 spiro atoms. The molecule has 0 radical (unpaired) electrons. The maximum absolute atomic E-state index is 12.1. The van der Waals surface area contributed by atoms with Gasteiger partial charge in [-0.1, -0.05) is 122 Å². The van der Waals surface area contributed by atoms with Gasteiger partial charge >= 0.3 is 5.97 Å². The molecule has 0 aliphatic carbocycles. The average Bonchev–Trinajstić information content (AvgIpc) is 2.92. The number of ether oxygens (including phenoxy) is 1. The molecule has 0 fully saturated rings. The average molecular weight is 431 g/mol. The third kappa shape index (κ3) is 14.9. The van der Waals surface area contributed by atoms with Gasteiger partial charge in [0.15, 0.2) is 5.75 Å². The number of carbonyl (C=O) groups excluding carboxylic acids is 1. The Morgan fingerprint density at radius 3 is 1.74 bits per heavy atom. The van der Waals surface area contributed by atoms with E-state index in [1.54, 1.807) is 12.1 Å². The summed E-state index contributed by atoms with van der Waals surface area (Å²) < 4.78 is 5.36. The molecule has 0 atom stereocenters. The quantitative estimate of drug-likeness (QED) is 0.164. The lowest BCUT2D eigenvalue weighted by atomic mass is 10.0. The summed E-state index contributed by atoms with van der Waals surface area (Å²) in [5.41, 5.74) is 0.798. The molecule has 0 aliphatic rings. The molecule has 0 N–H and O–H groups in total. The highest BCUT2D eigenvalue weighted by atomic mass is 16.5. The third-order valence-electron chi connectivity index (χ3n) is 5.86. The van der Waals surface area contributed by atoms with Gasteiger partial charge in [0.25, 0.3) is 0 Å². The lowest BCUT2D eigenvalue weighted by Crippen LogP contribution is -2.12. The van der Waals surface area contributed by atoms with Crippen LogP contribution in [0.15, 0.2) is 29.1 Å². The van der Waals surface area contributed by atoms with Crippen molar-refractivity contribution in [3.05, 3.63) is 40.1 Å². The molecular weight excluding hydrogens is 384 g/mol. The second-order valence-corrected chi connectivity index (χ2v) is 8.90. The predicted molar refractivity (Wildman–Crippen MR) is 132 cm³/mol. The normalized spacial score (nSPS) is 10.9. The molecule has 1 aromatic carbocycles. The summed E-state index contributed by atoms with van der Waals surface area (Å²) in [5, 5.41) is 0. The van der Waals surface area contributed by atoms with Crippen molar-refractivity contribution in [1.29, 1.82) is 0 Å². The van der Waals surface area contributed by atoms with E-state index in [4.69, 9.17) is 4.74 Å². The van der Waals surface area contributed by atoms with Crippen molar-refractivity contribution in [2.24, 2.45) is 0 Å². The van der Waals surface area contributed by atoms with Crippen molar-refractivity contribution in [2.45, 2.75) is 129 Å². The van der Waals surface area contributed by atoms with Gasteiger partial charge in [-0.2, -0.15) is 0 Å². The predicted octanol–water partition coefficient (Wildman–Crippen LogP) is 8.17. The number of esters is 1. The van der Waals surface area contributed by atoms with Crippen LogP contribution in [0.1, 0.15) is 129 Å². The van der Waals surface area contributed by atoms with E-state index in [1.807, 2.05) is 6.07 Å². The van der Waals surface area contributed by atoms with Crippen LogP contribution in [-0.4, -0.2) is 5.97 Å². The fourth-order valence-corrected chi connectivity index (χ4v) is 3.97. The van der Waals surface area contributed by atoms with Crippen LogP contribution in [0.2, 0.25) is 0 Å². The van der Waals surface area contributed by atoms with Crippen LogP contribution in [0.25, 0.3) is 0 Å². The SMILES string of the molecule is CCCCCCCCCCCCCCCCCC(=O)Oc1cc(CCC)cccc1=O. The Balaban J connectivity index is 2.01. The molecule has 176 valence electrons. The van der Waals surface area contributed by atoms with Crippen molar-refractivity contribution in [3.8, 4) is 5.75 Å². The van der Waals surface area contributed by atoms with Gasteiger partial charge in [-0.3, -0.25) is 9.59 Å². The molecule has 0 saturated heterocycles. The van der Waals surface area contributed by atoms with Crippen molar-refractivity contribution in [2.75, 3.05) is 0 Å². The lowest BCUT2D eigenvalue weighted by Gasteiger charge is -2.04. The van der Waals surface area contributed by atoms with Crippen molar-refractivity contribution in [1.82, 2.24) is 0 Å². The molecule has 0 aromatic heterocycles. The third-order valence-corrected chi connectivity index (χ3v) is 5.86. The maximum Gasteiger partial charge on any atom is 0.311 e. The second-order valence-electron chi connectivity index (χ2n) is 8.90. The summed E-state index contributed by atoms with van der Waals surface area (Å²) in [6, 6.07) is 6.84. The molecule has 0 aliphatic heterocycles. The summed E-state index contributed by atoms with van der Waals surface area (Å²) in [5.74, 6) is -0.125. The van der Waals surface area contributed by atoms with E-state index in [9.17, 15) is 9.59 Å². The number of rotatable bonds is 19. The lowest BCUT2D eigenvalue weighted by molar-refractivity contribution is -0.134. The highest BCUT2D eigenvalue weighted by Crippen LogP contribution is 2.14. The van der Waals surface area contributed by atoms with Crippen LogP contribution in [0, 0.1) is 0 Å². The Bertz CT molecular complexity index is 638. The van der Waals surface area contributed by atoms with Gasteiger partial charge in [0.1, 0.15) is 0 Å². The zero-order valence-corrected chi connectivity index (χ0v) is 20.3. The summed E-state index contributed by atoms with van der Waals surface area (Å²) in [7, 11) is 0. The number of hydrogen-bond acceptors (Lipinski definition) is 3. The number of aryl methyl sites for hydroxylation is 1. The zero-order chi connectivity index (χ0) is 22.6. The topological polar surface area (TPSA) is 43.4 Å². The molecule has 1 rings (SSSR count). The fourth-order valence-electron chi connectivity index (χ4n) is 3.97. The summed E-state index contributed by atoms with van der Waals surface area (Å²) >= 11 is 0. The molecule has 0 unspecified atom stereocenters. The number of carbonyl (C=O) groups is 1. The molecule has 0 saturated carbocycles. The Morgan fingerprint density at radius 1 is 0.710 bits per heavy atom. The molecule has 0 amide bonds. The van der Waals surface area contributed by atoms with Crippen LogP contribution < -0.4 is 10.2 Å². The molecule has 0 bridgehead atoms. The minimum atomic E-state index is -0.291. The zero-order valence-electron chi connectivity index (χ0n) is 20.3. The number of hydrogen-bond donors (Lipinski definition) is 0. The Labute approximate surface area is 191 Å². The first-order valence-electron chi connectivity index (χ1n) is 13.0. The minimum Gasteiger partial charge on any atom is -0.422 e. The standard InChI is InChI=1S/C28H46O3/c1-3-5-6-7-8-9-10-11-12-13-14-15-16-17-18-23-28(30)31-27-24-25(20-4-2)21-19-22-26(27)29/h19,21-22,24H,3-18,20,23H2,1-2H3. The van der Waals surface area contributed by atoms with Crippen LogP contribution in [0.5, 0.6) is 5.75 Å². The first kappa shape index (κ1) is 27.4. The highest BCUT2D eigenvalue weighted by molar-refractivity contribution is 5.72. The summed E-state index contributed by atoms with van der Waals surface area (Å²) in [6.45, 7) is 4.36. The van der Waals surface area contributed by atoms with E-state index in [0.717, 1.165) is 31.2 Å². The monoisotopic (exact) mass is 430 g/mol. The van der Waals surface area contributed by atoms with Gasteiger partial charge in [0, 0.05) is 6.42 Å². The highest BCUT2D eigenvalue weighted by Gasteiger charge is 2.08. The van der Waals surface area contributed by atoms with Gasteiger partial charge in [-0.25, -0.2) is 0 Å². The van der Waals surface area contributed by atoms with Gasteiger partial charge < -0.3 is 4.74 Å². The molecular formula is C28H46O3. The van der Waals surface area contributed by atoms with E-state index >= 15 is 0 Å². The molecule has 31 heavy (non-hydrogen) atoms. The van der Waals surface area contributed by atoms with Crippen LogP contribution in [0.4, 0.5) is 0 Å². The Hall–Kier alpha value is -1.64. The molecule has 3 heteroatoms. The smallest absolute Gasteiger partial charge is 0.311 e. The largest absolute Gasteiger partial charge is 0.422 e. The second kappa shape index (κ2) is 19.1. The van der Waals surface area contributed by atoms with E-state index < -0.39 is 0 Å². The molecule has 0 heterocycles. The summed E-state index contributed by atoms with van der Waals surface area (Å²) in [4.78, 5) is 24.2. The van der Waals surface area contributed by atoms with E-state index in [2.05, 4.69) is 13.8 Å². The van der Waals surface area contributed by atoms with E-state index in [-0.39, 0.29) is 17.1 Å². The van der Waals surface area contributed by atoms with Crippen LogP contribution in [-0.2, 0) is 11.2 Å². The maximum atomic E-state index is 12.1. The van der Waals surface area contributed by atoms with Crippen molar-refractivity contribution >= 4 is 5.97 Å². The van der Waals surface area contributed by atoms with Crippen LogP contribution >= 0.6 is 0 Å². The Kier molecular flexibility index (Phi) is 16.9. The number of unbranched alkanes of at least 4 members (excludes halogenated alkanes) is 14. The first-order chi connectivity index (χ1) is 15.2. The van der Waals surface area contributed by atoms with E-state index in [1.165, 1.54) is 89.5 Å².